The minimum Gasteiger partial charge on any atom is -0.384 e. The molecule has 1 nitrogen and oxygen atoms in total. The third-order valence-electron chi connectivity index (χ3n) is 2.64. The fraction of sp³-hybridized carbons (Fsp3) is 0.636. The van der Waals surface area contributed by atoms with Crippen LogP contribution < -0.4 is 0 Å². The third kappa shape index (κ3) is 2.12. The summed E-state index contributed by atoms with van der Waals surface area (Å²) >= 11 is 1.74. The summed E-state index contributed by atoms with van der Waals surface area (Å²) in [5.74, 6) is 0. The lowest BCUT2D eigenvalue weighted by atomic mass is 9.96. The zero-order valence-electron chi connectivity index (χ0n) is 8.63. The molecule has 1 aromatic rings. The highest BCUT2D eigenvalue weighted by atomic mass is 32.1. The van der Waals surface area contributed by atoms with Crippen LogP contribution in [0.15, 0.2) is 12.1 Å². The van der Waals surface area contributed by atoms with E-state index in [1.165, 1.54) is 4.88 Å². The number of thiophene rings is 1. The Kier molecular flexibility index (Phi) is 3.51. The molecule has 1 rings (SSSR count). The number of hydrogen-bond donors (Lipinski definition) is 1. The summed E-state index contributed by atoms with van der Waals surface area (Å²) < 4.78 is 0. The Morgan fingerprint density at radius 3 is 2.23 bits per heavy atom. The molecule has 0 saturated carbocycles. The molecule has 0 aliphatic rings. The van der Waals surface area contributed by atoms with Gasteiger partial charge in [-0.25, -0.2) is 0 Å². The van der Waals surface area contributed by atoms with Crippen molar-refractivity contribution in [3.63, 3.8) is 0 Å². The molecule has 0 amide bonds. The summed E-state index contributed by atoms with van der Waals surface area (Å²) in [5.41, 5.74) is -0.585. The minimum absolute atomic E-state index is 0.585. The summed E-state index contributed by atoms with van der Waals surface area (Å²) in [6, 6.07) is 4.19. The summed E-state index contributed by atoms with van der Waals surface area (Å²) in [6.45, 7) is 6.22. The lowest BCUT2D eigenvalue weighted by Crippen LogP contribution is -2.21. The molecule has 0 spiro atoms. The van der Waals surface area contributed by atoms with Gasteiger partial charge in [0.1, 0.15) is 0 Å². The second-order valence-electron chi connectivity index (χ2n) is 3.36. The van der Waals surface area contributed by atoms with E-state index in [0.717, 1.165) is 24.1 Å². The molecule has 0 radical (unpaired) electrons. The molecular formula is C11H18OS. The van der Waals surface area contributed by atoms with Gasteiger partial charge in [-0.2, -0.15) is 0 Å². The Balaban J connectivity index is 2.91. The van der Waals surface area contributed by atoms with Gasteiger partial charge < -0.3 is 5.11 Å². The van der Waals surface area contributed by atoms with E-state index in [1.807, 2.05) is 13.8 Å². The van der Waals surface area contributed by atoms with Crippen LogP contribution in [0.3, 0.4) is 0 Å². The lowest BCUT2D eigenvalue weighted by molar-refractivity contribution is 0.0321. The molecule has 1 aromatic heterocycles. The van der Waals surface area contributed by atoms with Crippen LogP contribution in [0.25, 0.3) is 0 Å². The third-order valence-corrected chi connectivity index (χ3v) is 4.06. The van der Waals surface area contributed by atoms with Crippen LogP contribution in [0.5, 0.6) is 0 Å². The van der Waals surface area contributed by atoms with Gasteiger partial charge in [-0.15, -0.1) is 11.3 Å². The van der Waals surface area contributed by atoms with E-state index in [1.54, 1.807) is 11.3 Å². The molecule has 0 fully saturated rings. The Morgan fingerprint density at radius 2 is 1.85 bits per heavy atom. The van der Waals surface area contributed by atoms with Crippen molar-refractivity contribution in [3.8, 4) is 0 Å². The maximum absolute atomic E-state index is 10.2. The van der Waals surface area contributed by atoms with Crippen LogP contribution in [0, 0.1) is 0 Å². The molecule has 0 aliphatic carbocycles. The van der Waals surface area contributed by atoms with Crippen molar-refractivity contribution in [1.29, 1.82) is 0 Å². The second-order valence-corrected chi connectivity index (χ2v) is 4.53. The highest BCUT2D eigenvalue weighted by Gasteiger charge is 2.26. The Labute approximate surface area is 84.4 Å². The van der Waals surface area contributed by atoms with Crippen molar-refractivity contribution in [2.45, 2.75) is 45.6 Å². The first kappa shape index (κ1) is 10.7. The molecule has 2 heteroatoms. The van der Waals surface area contributed by atoms with Crippen LogP contribution >= 0.6 is 11.3 Å². The molecule has 0 aromatic carbocycles. The predicted octanol–water partition coefficient (Wildman–Crippen LogP) is 3.32. The lowest BCUT2D eigenvalue weighted by Gasteiger charge is -2.23. The number of hydrogen-bond acceptors (Lipinski definition) is 2. The molecule has 1 heterocycles. The van der Waals surface area contributed by atoms with Gasteiger partial charge in [0.05, 0.1) is 5.60 Å². The van der Waals surface area contributed by atoms with Gasteiger partial charge >= 0.3 is 0 Å². The number of rotatable bonds is 4. The zero-order valence-corrected chi connectivity index (χ0v) is 9.45. The SMILES string of the molecule is CCc1ccc(C(O)(CC)CC)s1. The number of aliphatic hydroxyl groups is 1. The van der Waals surface area contributed by atoms with E-state index in [9.17, 15) is 5.11 Å². The molecule has 0 bridgehead atoms. The fourth-order valence-electron chi connectivity index (χ4n) is 1.42. The van der Waals surface area contributed by atoms with Gasteiger partial charge in [0.2, 0.25) is 0 Å². The molecule has 1 N–H and O–H groups in total. The predicted molar refractivity (Wildman–Crippen MR) is 58.2 cm³/mol. The van der Waals surface area contributed by atoms with Gasteiger partial charge in [-0.05, 0) is 31.4 Å². The normalized spacial score (nSPS) is 12.0. The van der Waals surface area contributed by atoms with E-state index in [4.69, 9.17) is 0 Å². The smallest absolute Gasteiger partial charge is 0.0982 e. The van der Waals surface area contributed by atoms with Crippen molar-refractivity contribution >= 4 is 11.3 Å². The molecule has 0 unspecified atom stereocenters. The van der Waals surface area contributed by atoms with Gasteiger partial charge in [0.25, 0.3) is 0 Å². The molecule has 13 heavy (non-hydrogen) atoms. The van der Waals surface area contributed by atoms with Crippen LogP contribution in [-0.4, -0.2) is 5.11 Å². The van der Waals surface area contributed by atoms with Crippen LogP contribution in [-0.2, 0) is 12.0 Å². The maximum Gasteiger partial charge on any atom is 0.0982 e. The largest absolute Gasteiger partial charge is 0.384 e. The van der Waals surface area contributed by atoms with Crippen LogP contribution in [0.1, 0.15) is 43.4 Å². The molecule has 0 atom stereocenters. The van der Waals surface area contributed by atoms with Crippen molar-refractivity contribution in [2.75, 3.05) is 0 Å². The maximum atomic E-state index is 10.2. The van der Waals surface area contributed by atoms with E-state index in [-0.39, 0.29) is 0 Å². The average Bonchev–Trinajstić information content (AvgIpc) is 2.65. The topological polar surface area (TPSA) is 20.2 Å². The minimum atomic E-state index is -0.585. The van der Waals surface area contributed by atoms with Gasteiger partial charge in [-0.1, -0.05) is 20.8 Å². The zero-order chi connectivity index (χ0) is 9.90. The Morgan fingerprint density at radius 1 is 1.23 bits per heavy atom. The number of aryl methyl sites for hydroxylation is 1. The first-order valence-corrected chi connectivity index (χ1v) is 5.79. The summed E-state index contributed by atoms with van der Waals surface area (Å²) in [7, 11) is 0. The summed E-state index contributed by atoms with van der Waals surface area (Å²) in [6.07, 6.45) is 2.66. The molecule has 0 saturated heterocycles. The van der Waals surface area contributed by atoms with Crippen LogP contribution in [0.2, 0.25) is 0 Å². The van der Waals surface area contributed by atoms with Gasteiger partial charge in [-0.3, -0.25) is 0 Å². The highest BCUT2D eigenvalue weighted by molar-refractivity contribution is 7.12. The molecule has 74 valence electrons. The van der Waals surface area contributed by atoms with Crippen molar-refractivity contribution in [3.05, 3.63) is 21.9 Å². The fourth-order valence-corrected chi connectivity index (χ4v) is 2.59. The average molecular weight is 198 g/mol. The van der Waals surface area contributed by atoms with Crippen molar-refractivity contribution in [2.24, 2.45) is 0 Å². The summed E-state index contributed by atoms with van der Waals surface area (Å²) in [5, 5.41) is 10.2. The van der Waals surface area contributed by atoms with Crippen molar-refractivity contribution in [1.82, 2.24) is 0 Å². The standard InChI is InChI=1S/C11H18OS/c1-4-9-7-8-10(13-9)11(12,5-2)6-3/h7-8,12H,4-6H2,1-3H3. The summed E-state index contributed by atoms with van der Waals surface area (Å²) in [4.78, 5) is 2.48. The Bertz CT molecular complexity index is 261. The monoisotopic (exact) mass is 198 g/mol. The Hall–Kier alpha value is -0.340. The van der Waals surface area contributed by atoms with Gasteiger partial charge in [0.15, 0.2) is 0 Å². The van der Waals surface area contributed by atoms with E-state index in [0.29, 0.717) is 0 Å². The first-order chi connectivity index (χ1) is 6.16. The van der Waals surface area contributed by atoms with Gasteiger partial charge in [0, 0.05) is 9.75 Å². The van der Waals surface area contributed by atoms with Crippen molar-refractivity contribution < 1.29 is 5.11 Å². The second kappa shape index (κ2) is 4.25. The van der Waals surface area contributed by atoms with E-state index < -0.39 is 5.60 Å². The highest BCUT2D eigenvalue weighted by Crippen LogP contribution is 2.33. The quantitative estimate of drug-likeness (QED) is 0.787. The van der Waals surface area contributed by atoms with Crippen LogP contribution in [0.4, 0.5) is 0 Å². The van der Waals surface area contributed by atoms with E-state index in [2.05, 4.69) is 19.1 Å². The molecule has 0 aliphatic heterocycles. The van der Waals surface area contributed by atoms with E-state index >= 15 is 0 Å². The first-order valence-electron chi connectivity index (χ1n) is 4.97. The molecular weight excluding hydrogens is 180 g/mol.